The number of rotatable bonds is 6. The second-order valence-electron chi connectivity index (χ2n) is 6.13. The molecular formula is C19H20Cl2N4O. The summed E-state index contributed by atoms with van der Waals surface area (Å²) in [5.74, 6) is 0.0702. The molecule has 0 aliphatic heterocycles. The second-order valence-corrected chi connectivity index (χ2v) is 6.97. The number of amides is 1. The number of carbonyl (C=O) groups excluding carboxylic acids is 1. The molecule has 1 aromatic heterocycles. The lowest BCUT2D eigenvalue weighted by atomic mass is 9.97. The fraction of sp³-hybridized carbons (Fsp3) is 0.316. The normalized spacial score (nSPS) is 13.8. The fourth-order valence-corrected chi connectivity index (χ4v) is 3.15. The average molecular weight is 391 g/mol. The number of nitrogens with zero attached hydrogens (tertiary/aromatic N) is 2. The van der Waals surface area contributed by atoms with Gasteiger partial charge in [-0.3, -0.25) is 4.79 Å². The molecular weight excluding hydrogens is 371 g/mol. The molecule has 0 spiro atoms. The van der Waals surface area contributed by atoms with Crippen molar-refractivity contribution in [3.05, 3.63) is 57.9 Å². The van der Waals surface area contributed by atoms with Gasteiger partial charge in [-0.2, -0.15) is 0 Å². The zero-order chi connectivity index (χ0) is 18.4. The lowest BCUT2D eigenvalue weighted by Gasteiger charge is -2.13. The van der Waals surface area contributed by atoms with Crippen LogP contribution in [0, 0.1) is 0 Å². The Morgan fingerprint density at radius 2 is 2.08 bits per heavy atom. The van der Waals surface area contributed by atoms with E-state index >= 15 is 0 Å². The topological polar surface area (TPSA) is 66.9 Å². The Labute approximate surface area is 162 Å². The first-order chi connectivity index (χ1) is 12.6. The molecule has 2 aromatic rings. The number of benzene rings is 1. The van der Waals surface area contributed by atoms with Gasteiger partial charge in [0, 0.05) is 17.8 Å². The minimum atomic E-state index is -0.366. The van der Waals surface area contributed by atoms with Crippen LogP contribution in [0.2, 0.25) is 10.0 Å². The number of carbonyl (C=O) groups is 1. The number of aromatic nitrogens is 2. The molecule has 1 aliphatic rings. The van der Waals surface area contributed by atoms with Crippen LogP contribution >= 0.6 is 23.2 Å². The summed E-state index contributed by atoms with van der Waals surface area (Å²) < 4.78 is 0. The van der Waals surface area contributed by atoms with Crippen molar-refractivity contribution in [2.75, 3.05) is 17.2 Å². The monoisotopic (exact) mass is 390 g/mol. The van der Waals surface area contributed by atoms with Crippen LogP contribution in [0.4, 0.5) is 11.6 Å². The molecule has 1 heterocycles. The highest BCUT2D eigenvalue weighted by atomic mass is 35.5. The standard InChI is InChI=1S/C19H20Cl2N4O/c20-14-6-7-15(21)17(12-14)24-18(26)16-9-11-23-19(25-16)22-10-8-13-4-2-1-3-5-13/h4,6-7,9,11-12H,1-3,5,8,10H2,(H,24,26)(H,22,23,25). The van der Waals surface area contributed by atoms with Crippen molar-refractivity contribution >= 4 is 40.7 Å². The molecule has 0 fully saturated rings. The van der Waals surface area contributed by atoms with E-state index in [4.69, 9.17) is 23.2 Å². The molecule has 3 rings (SSSR count). The van der Waals surface area contributed by atoms with Gasteiger partial charge in [0.15, 0.2) is 0 Å². The first-order valence-corrected chi connectivity index (χ1v) is 9.38. The molecule has 7 heteroatoms. The number of hydrogen-bond donors (Lipinski definition) is 2. The summed E-state index contributed by atoms with van der Waals surface area (Å²) in [5.41, 5.74) is 2.19. The van der Waals surface area contributed by atoms with Crippen LogP contribution in [0.5, 0.6) is 0 Å². The van der Waals surface area contributed by atoms with Crippen LogP contribution in [0.3, 0.4) is 0 Å². The van der Waals surface area contributed by atoms with Gasteiger partial charge in [0.1, 0.15) is 5.69 Å². The predicted octanol–water partition coefficient (Wildman–Crippen LogP) is 5.34. The van der Waals surface area contributed by atoms with E-state index in [1.165, 1.54) is 31.3 Å². The first-order valence-electron chi connectivity index (χ1n) is 8.63. The zero-order valence-electron chi connectivity index (χ0n) is 14.3. The van der Waals surface area contributed by atoms with Crippen LogP contribution < -0.4 is 10.6 Å². The van der Waals surface area contributed by atoms with Gasteiger partial charge >= 0.3 is 0 Å². The summed E-state index contributed by atoms with van der Waals surface area (Å²) in [6.07, 6.45) is 9.75. The molecule has 0 saturated carbocycles. The maximum Gasteiger partial charge on any atom is 0.274 e. The van der Waals surface area contributed by atoms with Crippen LogP contribution in [0.1, 0.15) is 42.6 Å². The molecule has 5 nitrogen and oxygen atoms in total. The molecule has 0 atom stereocenters. The van der Waals surface area contributed by atoms with E-state index in [2.05, 4.69) is 26.7 Å². The number of anilines is 2. The van der Waals surface area contributed by atoms with E-state index in [1.54, 1.807) is 30.5 Å². The summed E-state index contributed by atoms with van der Waals surface area (Å²) in [6, 6.07) is 6.45. The third-order valence-corrected chi connectivity index (χ3v) is 4.74. The summed E-state index contributed by atoms with van der Waals surface area (Å²) in [6.45, 7) is 0.747. The van der Waals surface area contributed by atoms with Gasteiger partial charge < -0.3 is 10.6 Å². The molecule has 1 aromatic carbocycles. The predicted molar refractivity (Wildman–Crippen MR) is 106 cm³/mol. The number of nitrogens with one attached hydrogen (secondary N) is 2. The quantitative estimate of drug-likeness (QED) is 0.653. The van der Waals surface area contributed by atoms with E-state index in [0.717, 1.165) is 13.0 Å². The Morgan fingerprint density at radius 3 is 2.88 bits per heavy atom. The number of halogens is 2. The molecule has 26 heavy (non-hydrogen) atoms. The summed E-state index contributed by atoms with van der Waals surface area (Å²) >= 11 is 12.0. The highest BCUT2D eigenvalue weighted by molar-refractivity contribution is 6.35. The van der Waals surface area contributed by atoms with Gasteiger partial charge in [-0.15, -0.1) is 0 Å². The van der Waals surface area contributed by atoms with Gasteiger partial charge in [-0.1, -0.05) is 34.9 Å². The maximum absolute atomic E-state index is 12.4. The van der Waals surface area contributed by atoms with Gasteiger partial charge in [0.25, 0.3) is 5.91 Å². The minimum Gasteiger partial charge on any atom is -0.354 e. The fourth-order valence-electron chi connectivity index (χ4n) is 2.82. The van der Waals surface area contributed by atoms with Crippen LogP contribution in [-0.2, 0) is 0 Å². The lowest BCUT2D eigenvalue weighted by molar-refractivity contribution is 0.102. The Kier molecular flexibility index (Phi) is 6.47. The average Bonchev–Trinajstić information content (AvgIpc) is 2.66. The molecule has 136 valence electrons. The molecule has 0 unspecified atom stereocenters. The Balaban J connectivity index is 1.60. The van der Waals surface area contributed by atoms with Crippen molar-refractivity contribution in [2.45, 2.75) is 32.1 Å². The van der Waals surface area contributed by atoms with Crippen molar-refractivity contribution in [3.63, 3.8) is 0 Å². The van der Waals surface area contributed by atoms with Crippen molar-refractivity contribution in [1.29, 1.82) is 0 Å². The van der Waals surface area contributed by atoms with Crippen LogP contribution in [0.15, 0.2) is 42.1 Å². The summed E-state index contributed by atoms with van der Waals surface area (Å²) in [5, 5.41) is 6.81. The first kappa shape index (κ1) is 18.7. The molecule has 2 N–H and O–H groups in total. The number of hydrogen-bond acceptors (Lipinski definition) is 4. The minimum absolute atomic E-state index is 0.260. The van der Waals surface area contributed by atoms with E-state index in [1.807, 2.05) is 0 Å². The number of allylic oxidation sites excluding steroid dienone is 1. The van der Waals surface area contributed by atoms with E-state index in [0.29, 0.717) is 21.7 Å². The van der Waals surface area contributed by atoms with Gasteiger partial charge in [0.05, 0.1) is 10.7 Å². The van der Waals surface area contributed by atoms with Gasteiger partial charge in [-0.25, -0.2) is 9.97 Å². The maximum atomic E-state index is 12.4. The van der Waals surface area contributed by atoms with Crippen molar-refractivity contribution in [2.24, 2.45) is 0 Å². The van der Waals surface area contributed by atoms with Gasteiger partial charge in [-0.05, 0) is 56.4 Å². The van der Waals surface area contributed by atoms with Gasteiger partial charge in [0.2, 0.25) is 5.95 Å². The largest absolute Gasteiger partial charge is 0.354 e. The Morgan fingerprint density at radius 1 is 1.19 bits per heavy atom. The third kappa shape index (κ3) is 5.19. The molecule has 0 bridgehead atoms. The highest BCUT2D eigenvalue weighted by Gasteiger charge is 2.12. The lowest BCUT2D eigenvalue weighted by Crippen LogP contribution is -2.16. The highest BCUT2D eigenvalue weighted by Crippen LogP contribution is 2.25. The molecule has 0 saturated heterocycles. The molecule has 1 amide bonds. The van der Waals surface area contributed by atoms with Crippen molar-refractivity contribution in [1.82, 2.24) is 9.97 Å². The SMILES string of the molecule is O=C(Nc1cc(Cl)ccc1Cl)c1ccnc(NCCC2=CCCCC2)n1. The van der Waals surface area contributed by atoms with E-state index < -0.39 is 0 Å². The van der Waals surface area contributed by atoms with Crippen molar-refractivity contribution < 1.29 is 4.79 Å². The molecule has 0 radical (unpaired) electrons. The van der Waals surface area contributed by atoms with E-state index in [9.17, 15) is 4.79 Å². The summed E-state index contributed by atoms with van der Waals surface area (Å²) in [4.78, 5) is 20.9. The Bertz CT molecular complexity index is 823. The Hall–Kier alpha value is -2.11. The smallest absolute Gasteiger partial charge is 0.274 e. The molecule has 1 aliphatic carbocycles. The summed E-state index contributed by atoms with van der Waals surface area (Å²) in [7, 11) is 0. The zero-order valence-corrected chi connectivity index (χ0v) is 15.8. The van der Waals surface area contributed by atoms with E-state index in [-0.39, 0.29) is 11.6 Å². The van der Waals surface area contributed by atoms with Crippen LogP contribution in [0.25, 0.3) is 0 Å². The van der Waals surface area contributed by atoms with Crippen LogP contribution in [-0.4, -0.2) is 22.4 Å². The third-order valence-electron chi connectivity index (χ3n) is 4.18. The second kappa shape index (κ2) is 9.01. The van der Waals surface area contributed by atoms with Crippen molar-refractivity contribution in [3.8, 4) is 0 Å².